The van der Waals surface area contributed by atoms with Crippen LogP contribution >= 0.6 is 0 Å². The van der Waals surface area contributed by atoms with Crippen LogP contribution in [0, 0.1) is 5.92 Å². The van der Waals surface area contributed by atoms with Crippen LogP contribution in [0.4, 0.5) is 0 Å². The van der Waals surface area contributed by atoms with E-state index in [4.69, 9.17) is 14.2 Å². The van der Waals surface area contributed by atoms with Gasteiger partial charge < -0.3 is 29.1 Å². The molecule has 1 N–H and O–H groups in total. The number of hydrogen-bond donors (Lipinski definition) is 1. The van der Waals surface area contributed by atoms with Gasteiger partial charge in [0, 0.05) is 38.2 Å². The molecular weight excluding hydrogens is 480 g/mol. The van der Waals surface area contributed by atoms with Gasteiger partial charge in [-0.25, -0.2) is 0 Å². The lowest BCUT2D eigenvalue weighted by molar-refractivity contribution is 0.0672. The number of benzene rings is 3. The summed E-state index contributed by atoms with van der Waals surface area (Å²) in [5.74, 6) is 2.74. The third-order valence-corrected chi connectivity index (χ3v) is 8.20. The van der Waals surface area contributed by atoms with Gasteiger partial charge in [0.1, 0.15) is 5.75 Å². The molecule has 0 spiro atoms. The van der Waals surface area contributed by atoms with E-state index in [0.717, 1.165) is 90.8 Å². The van der Waals surface area contributed by atoms with Gasteiger partial charge >= 0.3 is 0 Å². The molecule has 0 saturated carbocycles. The van der Waals surface area contributed by atoms with Gasteiger partial charge in [-0.1, -0.05) is 30.7 Å². The van der Waals surface area contributed by atoms with E-state index < -0.39 is 6.10 Å². The maximum absolute atomic E-state index is 13.4. The first-order valence-electron chi connectivity index (χ1n) is 13.8. The van der Waals surface area contributed by atoms with Crippen LogP contribution in [0.25, 0.3) is 10.8 Å². The van der Waals surface area contributed by atoms with Gasteiger partial charge in [-0.15, -0.1) is 0 Å². The Bertz CT molecular complexity index is 1330. The van der Waals surface area contributed by atoms with Crippen LogP contribution in [0.2, 0.25) is 0 Å². The van der Waals surface area contributed by atoms with E-state index in [1.54, 1.807) is 7.11 Å². The summed E-state index contributed by atoms with van der Waals surface area (Å²) < 4.78 is 16.4. The van der Waals surface area contributed by atoms with Crippen LogP contribution in [0.1, 0.15) is 40.7 Å². The number of nitrogens with zero attached hydrogens (tertiary/aromatic N) is 2. The first-order valence-corrected chi connectivity index (χ1v) is 13.8. The fraction of sp³-hybridized carbons (Fsp3) is 0.452. The number of methoxy groups -OCH3 is 1. The highest BCUT2D eigenvalue weighted by Gasteiger charge is 2.30. The summed E-state index contributed by atoms with van der Waals surface area (Å²) in [6.45, 7) is 4.24. The molecule has 3 aliphatic heterocycles. The lowest BCUT2D eigenvalue weighted by Gasteiger charge is -2.33. The summed E-state index contributed by atoms with van der Waals surface area (Å²) in [5.41, 5.74) is 2.95. The molecule has 6 rings (SSSR count). The zero-order valence-electron chi connectivity index (χ0n) is 22.0. The minimum atomic E-state index is -0.450. The van der Waals surface area contributed by atoms with Crippen molar-refractivity contribution >= 4 is 16.7 Å². The van der Waals surface area contributed by atoms with E-state index in [-0.39, 0.29) is 12.7 Å². The lowest BCUT2D eigenvalue weighted by atomic mass is 9.95. The van der Waals surface area contributed by atoms with Crippen molar-refractivity contribution in [2.45, 2.75) is 38.2 Å². The van der Waals surface area contributed by atoms with Gasteiger partial charge in [0.25, 0.3) is 5.91 Å². The third kappa shape index (κ3) is 5.18. The number of rotatable bonds is 7. The van der Waals surface area contributed by atoms with Crippen LogP contribution in [-0.4, -0.2) is 73.5 Å². The molecule has 3 heterocycles. The Morgan fingerprint density at radius 2 is 1.95 bits per heavy atom. The fourth-order valence-corrected chi connectivity index (χ4v) is 6.28. The maximum atomic E-state index is 13.4. The van der Waals surface area contributed by atoms with Crippen LogP contribution < -0.4 is 14.2 Å². The predicted molar refractivity (Wildman–Crippen MR) is 146 cm³/mol. The highest BCUT2D eigenvalue weighted by Crippen LogP contribution is 2.37. The summed E-state index contributed by atoms with van der Waals surface area (Å²) in [6.07, 6.45) is 4.38. The van der Waals surface area contributed by atoms with Crippen molar-refractivity contribution in [3.05, 3.63) is 65.2 Å². The van der Waals surface area contributed by atoms with Gasteiger partial charge in [-0.2, -0.15) is 0 Å². The topological polar surface area (TPSA) is 71.5 Å². The monoisotopic (exact) mass is 516 g/mol. The van der Waals surface area contributed by atoms with Crippen LogP contribution in [0.5, 0.6) is 17.2 Å². The number of fused-ring (bicyclic) bond motifs is 3. The molecule has 2 unspecified atom stereocenters. The molecule has 3 aromatic rings. The van der Waals surface area contributed by atoms with Gasteiger partial charge in [0.05, 0.1) is 13.2 Å². The summed E-state index contributed by atoms with van der Waals surface area (Å²) in [4.78, 5) is 17.8. The Labute approximate surface area is 223 Å². The second kappa shape index (κ2) is 10.8. The molecule has 3 aliphatic rings. The molecule has 0 aromatic heterocycles. The second-order valence-corrected chi connectivity index (χ2v) is 10.8. The molecule has 1 saturated heterocycles. The Balaban J connectivity index is 1.09. The molecular formula is C31H36N2O5. The normalized spacial score (nSPS) is 20.3. The molecule has 7 nitrogen and oxygen atoms in total. The van der Waals surface area contributed by atoms with E-state index in [9.17, 15) is 9.90 Å². The third-order valence-electron chi connectivity index (χ3n) is 8.20. The van der Waals surface area contributed by atoms with E-state index in [2.05, 4.69) is 23.1 Å². The van der Waals surface area contributed by atoms with Crippen molar-refractivity contribution in [2.75, 3.05) is 46.6 Å². The highest BCUT2D eigenvalue weighted by molar-refractivity contribution is 5.97. The summed E-state index contributed by atoms with van der Waals surface area (Å²) >= 11 is 0. The van der Waals surface area contributed by atoms with Gasteiger partial charge in [0.2, 0.25) is 6.79 Å². The minimum absolute atomic E-state index is 0.0907. The van der Waals surface area contributed by atoms with Crippen molar-refractivity contribution in [1.82, 2.24) is 9.80 Å². The van der Waals surface area contributed by atoms with Crippen LogP contribution in [0.3, 0.4) is 0 Å². The second-order valence-electron chi connectivity index (χ2n) is 10.8. The average molecular weight is 517 g/mol. The van der Waals surface area contributed by atoms with Crippen molar-refractivity contribution in [1.29, 1.82) is 0 Å². The molecule has 3 aromatic carbocycles. The summed E-state index contributed by atoms with van der Waals surface area (Å²) in [5, 5.41) is 13.4. The van der Waals surface area contributed by atoms with E-state index >= 15 is 0 Å². The van der Waals surface area contributed by atoms with Gasteiger partial charge in [-0.3, -0.25) is 4.79 Å². The predicted octanol–water partition coefficient (Wildman–Crippen LogP) is 4.28. The molecule has 1 fully saturated rings. The smallest absolute Gasteiger partial charge is 0.254 e. The van der Waals surface area contributed by atoms with Gasteiger partial charge in [-0.05, 0) is 77.9 Å². The SMILES string of the molecule is COc1ccc2c(CC(O)CN3CCCCC(CN4CCc5cc6c(cc5C4=O)OCO6)C3)cccc2c1. The Hall–Kier alpha value is -3.29. The number of amides is 1. The number of likely N-dealkylation sites (tertiary alicyclic amines) is 1. The summed E-state index contributed by atoms with van der Waals surface area (Å²) in [6, 6.07) is 16.2. The van der Waals surface area contributed by atoms with E-state index in [1.165, 1.54) is 0 Å². The Morgan fingerprint density at radius 3 is 2.82 bits per heavy atom. The van der Waals surface area contributed by atoms with Gasteiger partial charge in [0.15, 0.2) is 11.5 Å². The minimum Gasteiger partial charge on any atom is -0.497 e. The first kappa shape index (κ1) is 25.0. The first-order chi connectivity index (χ1) is 18.6. The van der Waals surface area contributed by atoms with Crippen molar-refractivity contribution in [2.24, 2.45) is 5.92 Å². The number of β-amino-alcohol motifs (C(OH)–C–C–N with tert-alkyl or cyclic N) is 1. The average Bonchev–Trinajstić information content (AvgIpc) is 3.27. The molecule has 38 heavy (non-hydrogen) atoms. The number of hydrogen-bond acceptors (Lipinski definition) is 6. The Morgan fingerprint density at radius 1 is 1.08 bits per heavy atom. The molecule has 1 amide bonds. The molecule has 0 aliphatic carbocycles. The standard InChI is InChI=1S/C31H36N2O5/c1-36-26-8-9-27-22(6-4-7-23(27)14-26)13-25(34)19-32-11-3-2-5-21(17-32)18-33-12-10-24-15-29-30(38-20-37-29)16-28(24)31(33)35/h4,6-9,14-16,21,25,34H,2-3,5,10-13,17-20H2,1H3. The summed E-state index contributed by atoms with van der Waals surface area (Å²) in [7, 11) is 1.68. The van der Waals surface area contributed by atoms with Crippen molar-refractivity contribution in [3.8, 4) is 17.2 Å². The maximum Gasteiger partial charge on any atom is 0.254 e. The zero-order chi connectivity index (χ0) is 26.1. The quantitative estimate of drug-likeness (QED) is 0.506. The molecule has 2 atom stereocenters. The van der Waals surface area contributed by atoms with Crippen molar-refractivity contribution in [3.63, 3.8) is 0 Å². The zero-order valence-corrected chi connectivity index (χ0v) is 22.0. The molecule has 0 bridgehead atoms. The Kier molecular flexibility index (Phi) is 7.13. The van der Waals surface area contributed by atoms with Crippen LogP contribution in [-0.2, 0) is 12.8 Å². The van der Waals surface area contributed by atoms with Crippen LogP contribution in [0.15, 0.2) is 48.5 Å². The number of aliphatic hydroxyl groups excluding tert-OH is 1. The number of carbonyl (C=O) groups is 1. The molecule has 7 heteroatoms. The number of aliphatic hydroxyl groups is 1. The largest absolute Gasteiger partial charge is 0.497 e. The lowest BCUT2D eigenvalue weighted by Crippen LogP contribution is -2.44. The van der Waals surface area contributed by atoms with E-state index in [0.29, 0.717) is 24.6 Å². The fourth-order valence-electron chi connectivity index (χ4n) is 6.28. The molecule has 0 radical (unpaired) electrons. The van der Waals surface area contributed by atoms with Crippen molar-refractivity contribution < 1.29 is 24.1 Å². The van der Waals surface area contributed by atoms with E-state index in [1.807, 2.05) is 35.2 Å². The number of carbonyl (C=O) groups excluding carboxylic acids is 1. The number of ether oxygens (including phenoxy) is 3. The molecule has 200 valence electrons. The highest BCUT2D eigenvalue weighted by atomic mass is 16.7.